The van der Waals surface area contributed by atoms with Gasteiger partial charge in [-0.15, -0.1) is 0 Å². The van der Waals surface area contributed by atoms with E-state index in [1.54, 1.807) is 0 Å². The van der Waals surface area contributed by atoms with Crippen molar-refractivity contribution in [2.24, 2.45) is 0 Å². The van der Waals surface area contributed by atoms with E-state index in [0.717, 1.165) is 17.9 Å². The van der Waals surface area contributed by atoms with Crippen LogP contribution in [0.2, 0.25) is 5.02 Å². The molecule has 2 nitrogen and oxygen atoms in total. The van der Waals surface area contributed by atoms with E-state index in [-0.39, 0.29) is 6.04 Å². The van der Waals surface area contributed by atoms with Gasteiger partial charge >= 0.3 is 0 Å². The minimum absolute atomic E-state index is 0.273. The number of imidazole rings is 1. The average molecular weight is 373 g/mol. The lowest BCUT2D eigenvalue weighted by Gasteiger charge is -2.20. The summed E-state index contributed by atoms with van der Waals surface area (Å²) in [6, 6.07) is 27.7. The van der Waals surface area contributed by atoms with Crippen LogP contribution in [0.3, 0.4) is 0 Å². The molecule has 1 heterocycles. The van der Waals surface area contributed by atoms with Crippen LogP contribution >= 0.6 is 11.6 Å². The van der Waals surface area contributed by atoms with Crippen LogP contribution in [0.4, 0.5) is 0 Å². The third-order valence-electron chi connectivity index (χ3n) is 4.89. The number of rotatable bonds is 6. The molecule has 0 bridgehead atoms. The molecule has 0 aliphatic rings. The second-order valence-electron chi connectivity index (χ2n) is 6.73. The third kappa shape index (κ3) is 4.29. The highest BCUT2D eigenvalue weighted by Crippen LogP contribution is 2.26. The number of aromatic nitrogens is 2. The van der Waals surface area contributed by atoms with Gasteiger partial charge in [-0.25, -0.2) is 4.98 Å². The number of nitrogens with zero attached hydrogens (tertiary/aromatic N) is 2. The van der Waals surface area contributed by atoms with Crippen molar-refractivity contribution in [3.63, 3.8) is 0 Å². The normalized spacial score (nSPS) is 12.0. The van der Waals surface area contributed by atoms with Gasteiger partial charge in [0.25, 0.3) is 0 Å². The molecule has 0 aliphatic carbocycles. The first-order chi connectivity index (χ1) is 13.3. The van der Waals surface area contributed by atoms with Crippen LogP contribution in [-0.2, 0) is 12.8 Å². The highest BCUT2D eigenvalue weighted by Gasteiger charge is 2.14. The summed E-state index contributed by atoms with van der Waals surface area (Å²) in [5.74, 6) is 0. The first-order valence-electron chi connectivity index (χ1n) is 9.15. The van der Waals surface area contributed by atoms with E-state index in [1.807, 2.05) is 43.0 Å². The topological polar surface area (TPSA) is 17.8 Å². The molecule has 0 saturated heterocycles. The summed E-state index contributed by atoms with van der Waals surface area (Å²) in [5.41, 5.74) is 4.95. The van der Waals surface area contributed by atoms with Crippen LogP contribution in [-0.4, -0.2) is 9.55 Å². The molecule has 0 saturated carbocycles. The predicted octanol–water partition coefficient (Wildman–Crippen LogP) is 6.23. The van der Waals surface area contributed by atoms with Crippen LogP contribution in [0.15, 0.2) is 97.6 Å². The van der Waals surface area contributed by atoms with Crippen LogP contribution in [0.5, 0.6) is 0 Å². The molecule has 1 atom stereocenters. The van der Waals surface area contributed by atoms with Gasteiger partial charge in [0.2, 0.25) is 0 Å². The molecule has 0 amide bonds. The Labute approximate surface area is 165 Å². The van der Waals surface area contributed by atoms with Crippen LogP contribution in [0, 0.1) is 0 Å². The van der Waals surface area contributed by atoms with Crippen molar-refractivity contribution in [1.29, 1.82) is 0 Å². The van der Waals surface area contributed by atoms with Gasteiger partial charge in [-0.1, -0.05) is 84.4 Å². The molecule has 27 heavy (non-hydrogen) atoms. The van der Waals surface area contributed by atoms with Crippen LogP contribution < -0.4 is 0 Å². The van der Waals surface area contributed by atoms with E-state index in [0.29, 0.717) is 0 Å². The Kier molecular flexibility index (Phi) is 5.36. The molecule has 1 aromatic heterocycles. The summed E-state index contributed by atoms with van der Waals surface area (Å²) in [6.45, 7) is 0. The van der Waals surface area contributed by atoms with E-state index < -0.39 is 0 Å². The third-order valence-corrected chi connectivity index (χ3v) is 5.26. The van der Waals surface area contributed by atoms with E-state index in [4.69, 9.17) is 11.6 Å². The van der Waals surface area contributed by atoms with Crippen molar-refractivity contribution >= 4 is 11.6 Å². The Hall–Kier alpha value is -2.84. The van der Waals surface area contributed by atoms with Crippen LogP contribution in [0.1, 0.15) is 17.2 Å². The summed E-state index contributed by atoms with van der Waals surface area (Å²) in [4.78, 5) is 4.23. The first-order valence-corrected chi connectivity index (χ1v) is 9.52. The standard InChI is InChI=1S/C24H21ClN2/c25-24-9-5-4-8-22(24)17-23(27-15-14-26-18-27)16-19-10-12-21(13-11-19)20-6-2-1-3-7-20/h1-15,18,23H,16-17H2. The molecule has 0 aliphatic heterocycles. The maximum atomic E-state index is 6.40. The average Bonchev–Trinajstić information content (AvgIpc) is 3.25. The summed E-state index contributed by atoms with van der Waals surface area (Å²) in [6.07, 6.45) is 7.55. The summed E-state index contributed by atoms with van der Waals surface area (Å²) >= 11 is 6.40. The van der Waals surface area contributed by atoms with Gasteiger partial charge in [0, 0.05) is 23.5 Å². The number of hydrogen-bond donors (Lipinski definition) is 0. The summed E-state index contributed by atoms with van der Waals surface area (Å²) in [7, 11) is 0. The molecule has 0 radical (unpaired) electrons. The molecule has 0 N–H and O–H groups in total. The lowest BCUT2D eigenvalue weighted by atomic mass is 9.97. The van der Waals surface area contributed by atoms with Gasteiger partial charge in [-0.05, 0) is 41.2 Å². The minimum Gasteiger partial charge on any atom is -0.334 e. The molecule has 4 aromatic rings. The van der Waals surface area contributed by atoms with Gasteiger partial charge in [0.05, 0.1) is 6.33 Å². The zero-order valence-corrected chi connectivity index (χ0v) is 15.8. The van der Waals surface area contributed by atoms with E-state index in [9.17, 15) is 0 Å². The Balaban J connectivity index is 1.56. The molecule has 4 rings (SSSR count). The minimum atomic E-state index is 0.273. The Morgan fingerprint density at radius 2 is 1.48 bits per heavy atom. The van der Waals surface area contributed by atoms with Gasteiger partial charge in [0.15, 0.2) is 0 Å². The molecular formula is C24H21ClN2. The molecular weight excluding hydrogens is 352 g/mol. The van der Waals surface area contributed by atoms with Crippen molar-refractivity contribution in [2.75, 3.05) is 0 Å². The van der Waals surface area contributed by atoms with Gasteiger partial charge in [0.1, 0.15) is 0 Å². The highest BCUT2D eigenvalue weighted by atomic mass is 35.5. The Morgan fingerprint density at radius 1 is 0.778 bits per heavy atom. The summed E-state index contributed by atoms with van der Waals surface area (Å²) in [5, 5.41) is 0.821. The predicted molar refractivity (Wildman–Crippen MR) is 112 cm³/mol. The van der Waals surface area contributed by atoms with Crippen molar-refractivity contribution in [3.05, 3.63) is 114 Å². The number of halogens is 1. The van der Waals surface area contributed by atoms with Gasteiger partial charge in [-0.3, -0.25) is 0 Å². The molecule has 134 valence electrons. The van der Waals surface area contributed by atoms with E-state index >= 15 is 0 Å². The second kappa shape index (κ2) is 8.24. The zero-order valence-electron chi connectivity index (χ0n) is 15.0. The monoisotopic (exact) mass is 372 g/mol. The molecule has 3 heteroatoms. The SMILES string of the molecule is Clc1ccccc1CC(Cc1ccc(-c2ccccc2)cc1)n1ccnc1. The maximum Gasteiger partial charge on any atom is 0.0948 e. The Bertz CT molecular complexity index is 977. The van der Waals surface area contributed by atoms with E-state index in [1.165, 1.54) is 22.3 Å². The zero-order chi connectivity index (χ0) is 18.5. The smallest absolute Gasteiger partial charge is 0.0948 e. The number of hydrogen-bond acceptors (Lipinski definition) is 1. The Morgan fingerprint density at radius 3 is 2.19 bits per heavy atom. The molecule has 0 fully saturated rings. The second-order valence-corrected chi connectivity index (χ2v) is 7.13. The van der Waals surface area contributed by atoms with Crippen molar-refractivity contribution < 1.29 is 0 Å². The lowest BCUT2D eigenvalue weighted by molar-refractivity contribution is 0.495. The fourth-order valence-electron chi connectivity index (χ4n) is 3.42. The quantitative estimate of drug-likeness (QED) is 0.392. The first kappa shape index (κ1) is 17.6. The largest absolute Gasteiger partial charge is 0.334 e. The summed E-state index contributed by atoms with van der Waals surface area (Å²) < 4.78 is 2.18. The number of benzene rings is 3. The molecule has 0 spiro atoms. The fourth-order valence-corrected chi connectivity index (χ4v) is 3.64. The van der Waals surface area contributed by atoms with Gasteiger partial charge < -0.3 is 4.57 Å². The fraction of sp³-hybridized carbons (Fsp3) is 0.125. The maximum absolute atomic E-state index is 6.40. The van der Waals surface area contributed by atoms with Crippen molar-refractivity contribution in [1.82, 2.24) is 9.55 Å². The van der Waals surface area contributed by atoms with Gasteiger partial charge in [-0.2, -0.15) is 0 Å². The van der Waals surface area contributed by atoms with Crippen molar-refractivity contribution in [2.45, 2.75) is 18.9 Å². The molecule has 1 unspecified atom stereocenters. The lowest BCUT2D eigenvalue weighted by Crippen LogP contribution is -2.13. The van der Waals surface area contributed by atoms with Crippen LogP contribution in [0.25, 0.3) is 11.1 Å². The van der Waals surface area contributed by atoms with Crippen molar-refractivity contribution in [3.8, 4) is 11.1 Å². The molecule has 3 aromatic carbocycles. The highest BCUT2D eigenvalue weighted by molar-refractivity contribution is 6.31. The van der Waals surface area contributed by atoms with E-state index in [2.05, 4.69) is 64.1 Å².